The molecule has 0 radical (unpaired) electrons. The second kappa shape index (κ2) is 6.68. The topological polar surface area (TPSA) is 110 Å². The van der Waals surface area contributed by atoms with E-state index in [0.29, 0.717) is 5.56 Å². The fourth-order valence-electron chi connectivity index (χ4n) is 2.69. The summed E-state index contributed by atoms with van der Waals surface area (Å²) in [6.07, 6.45) is -1.10. The van der Waals surface area contributed by atoms with Gasteiger partial charge in [0.1, 0.15) is 23.2 Å². The van der Waals surface area contributed by atoms with Gasteiger partial charge in [0.05, 0.1) is 19.4 Å². The fourth-order valence-corrected chi connectivity index (χ4v) is 2.69. The molecule has 0 spiro atoms. The van der Waals surface area contributed by atoms with Gasteiger partial charge in [0.25, 0.3) is 0 Å². The van der Waals surface area contributed by atoms with Crippen LogP contribution in [0.3, 0.4) is 0 Å². The summed E-state index contributed by atoms with van der Waals surface area (Å²) in [6, 6.07) is 3.04. The van der Waals surface area contributed by atoms with Gasteiger partial charge in [-0.2, -0.15) is 0 Å². The molecule has 2 atom stereocenters. The zero-order valence-corrected chi connectivity index (χ0v) is 12.9. The number of rotatable bonds is 5. The molecule has 1 aliphatic rings. The van der Waals surface area contributed by atoms with E-state index in [-0.39, 0.29) is 36.3 Å². The molecule has 1 aromatic carbocycles. The van der Waals surface area contributed by atoms with Crippen molar-refractivity contribution in [3.8, 4) is 11.5 Å². The highest BCUT2D eigenvalue weighted by Crippen LogP contribution is 2.39. The van der Waals surface area contributed by atoms with E-state index in [4.69, 9.17) is 9.84 Å². The molecular weight excluding hydrogens is 304 g/mol. The standard InChI is InChI=1S/C16H18O7/c1-8-5-10(17)15-12(6-8)23-11(3-4-13(18)19)9(16(15)21)7-14(20)22-2/h5-6,9,11,17H,3-4,7H2,1-2H3,(H,18,19). The number of Topliss-reactive ketones (excluding diaryl/α,β-unsaturated/α-hetero) is 1. The van der Waals surface area contributed by atoms with E-state index in [1.807, 2.05) is 0 Å². The molecule has 0 aliphatic carbocycles. The van der Waals surface area contributed by atoms with Crippen LogP contribution < -0.4 is 4.74 Å². The van der Waals surface area contributed by atoms with Crippen LogP contribution in [0.1, 0.15) is 35.2 Å². The molecule has 0 aromatic heterocycles. The van der Waals surface area contributed by atoms with Crippen LogP contribution in [-0.4, -0.2) is 41.1 Å². The molecule has 0 fully saturated rings. The molecule has 0 saturated heterocycles. The number of methoxy groups -OCH3 is 1. The SMILES string of the molecule is COC(=O)CC1C(=O)c2c(O)cc(C)cc2OC1CCC(=O)O. The summed E-state index contributed by atoms with van der Waals surface area (Å²) in [4.78, 5) is 35.0. The monoisotopic (exact) mass is 322 g/mol. The van der Waals surface area contributed by atoms with Gasteiger partial charge >= 0.3 is 11.9 Å². The Morgan fingerprint density at radius 3 is 2.65 bits per heavy atom. The first-order chi connectivity index (χ1) is 10.8. The average Bonchev–Trinajstić information content (AvgIpc) is 2.47. The van der Waals surface area contributed by atoms with Crippen LogP contribution in [0.2, 0.25) is 0 Å². The number of fused-ring (bicyclic) bond motifs is 1. The quantitative estimate of drug-likeness (QED) is 0.794. The highest BCUT2D eigenvalue weighted by atomic mass is 16.5. The Bertz CT molecular complexity index is 650. The van der Waals surface area contributed by atoms with E-state index >= 15 is 0 Å². The molecule has 2 N–H and O–H groups in total. The summed E-state index contributed by atoms with van der Waals surface area (Å²) in [5.74, 6) is -2.94. The van der Waals surface area contributed by atoms with E-state index < -0.39 is 29.7 Å². The summed E-state index contributed by atoms with van der Waals surface area (Å²) < 4.78 is 10.3. The van der Waals surface area contributed by atoms with E-state index in [9.17, 15) is 19.5 Å². The van der Waals surface area contributed by atoms with Gasteiger partial charge in [-0.15, -0.1) is 0 Å². The summed E-state index contributed by atoms with van der Waals surface area (Å²) in [5, 5.41) is 18.8. The third kappa shape index (κ3) is 3.61. The second-order valence-corrected chi connectivity index (χ2v) is 5.50. The molecule has 1 heterocycles. The predicted molar refractivity (Wildman–Crippen MR) is 78.6 cm³/mol. The number of phenols is 1. The number of aromatic hydroxyl groups is 1. The number of carboxylic acid groups (broad SMARTS) is 1. The molecule has 124 valence electrons. The molecule has 23 heavy (non-hydrogen) atoms. The molecule has 7 nitrogen and oxygen atoms in total. The first-order valence-corrected chi connectivity index (χ1v) is 7.16. The van der Waals surface area contributed by atoms with Crippen LogP contribution >= 0.6 is 0 Å². The van der Waals surface area contributed by atoms with Gasteiger partial charge in [0, 0.05) is 6.42 Å². The first-order valence-electron chi connectivity index (χ1n) is 7.16. The van der Waals surface area contributed by atoms with Crippen molar-refractivity contribution in [2.45, 2.75) is 32.3 Å². The van der Waals surface area contributed by atoms with Crippen molar-refractivity contribution < 1.29 is 34.1 Å². The first kappa shape index (κ1) is 16.8. The van der Waals surface area contributed by atoms with Crippen molar-refractivity contribution in [2.24, 2.45) is 5.92 Å². The normalized spacial score (nSPS) is 19.7. The summed E-state index contributed by atoms with van der Waals surface area (Å²) in [7, 11) is 1.21. The number of carbonyl (C=O) groups excluding carboxylic acids is 2. The Kier molecular flexibility index (Phi) is 4.88. The number of esters is 1. The van der Waals surface area contributed by atoms with Crippen molar-refractivity contribution in [1.29, 1.82) is 0 Å². The lowest BCUT2D eigenvalue weighted by molar-refractivity contribution is -0.142. The summed E-state index contributed by atoms with van der Waals surface area (Å²) in [6.45, 7) is 1.74. The molecule has 0 amide bonds. The summed E-state index contributed by atoms with van der Waals surface area (Å²) >= 11 is 0. The van der Waals surface area contributed by atoms with Gasteiger partial charge in [0.15, 0.2) is 5.78 Å². The maximum absolute atomic E-state index is 12.7. The minimum Gasteiger partial charge on any atom is -0.507 e. The predicted octanol–water partition coefficient (Wildman–Crippen LogP) is 1.69. The van der Waals surface area contributed by atoms with Gasteiger partial charge in [-0.3, -0.25) is 14.4 Å². The number of hydrogen-bond donors (Lipinski definition) is 2. The van der Waals surface area contributed by atoms with Crippen molar-refractivity contribution >= 4 is 17.7 Å². The lowest BCUT2D eigenvalue weighted by Crippen LogP contribution is -2.39. The number of ketones is 1. The van der Waals surface area contributed by atoms with Crippen LogP contribution in [0.5, 0.6) is 11.5 Å². The smallest absolute Gasteiger partial charge is 0.306 e. The lowest BCUT2D eigenvalue weighted by atomic mass is 9.84. The zero-order valence-electron chi connectivity index (χ0n) is 12.9. The van der Waals surface area contributed by atoms with Crippen LogP contribution in [0, 0.1) is 12.8 Å². The third-order valence-electron chi connectivity index (χ3n) is 3.79. The van der Waals surface area contributed by atoms with Gasteiger partial charge in [-0.25, -0.2) is 0 Å². The number of benzene rings is 1. The van der Waals surface area contributed by atoms with Gasteiger partial charge in [-0.05, 0) is 31.0 Å². The highest BCUT2D eigenvalue weighted by Gasteiger charge is 2.40. The molecule has 7 heteroatoms. The third-order valence-corrected chi connectivity index (χ3v) is 3.79. The minimum atomic E-state index is -1.02. The molecule has 0 bridgehead atoms. The van der Waals surface area contributed by atoms with E-state index in [0.717, 1.165) is 0 Å². The average molecular weight is 322 g/mol. The summed E-state index contributed by atoms with van der Waals surface area (Å²) in [5.41, 5.74) is 0.730. The zero-order chi connectivity index (χ0) is 17.1. The van der Waals surface area contributed by atoms with Gasteiger partial charge in [0.2, 0.25) is 0 Å². The maximum atomic E-state index is 12.7. The number of ether oxygens (including phenoxy) is 2. The largest absolute Gasteiger partial charge is 0.507 e. The van der Waals surface area contributed by atoms with Crippen LogP contribution in [0.15, 0.2) is 12.1 Å². The highest BCUT2D eigenvalue weighted by molar-refractivity contribution is 6.05. The van der Waals surface area contributed by atoms with Crippen LogP contribution in [-0.2, 0) is 14.3 Å². The molecule has 1 aromatic rings. The number of phenolic OH excluding ortho intramolecular Hbond substituents is 1. The van der Waals surface area contributed by atoms with Crippen molar-refractivity contribution in [1.82, 2.24) is 0 Å². The van der Waals surface area contributed by atoms with Crippen molar-refractivity contribution in [2.75, 3.05) is 7.11 Å². The number of carboxylic acids is 1. The Morgan fingerprint density at radius 1 is 1.35 bits per heavy atom. The Balaban J connectivity index is 2.37. The van der Waals surface area contributed by atoms with Crippen molar-refractivity contribution in [3.05, 3.63) is 23.3 Å². The Labute approximate surface area is 132 Å². The van der Waals surface area contributed by atoms with Crippen LogP contribution in [0.4, 0.5) is 0 Å². The van der Waals surface area contributed by atoms with Gasteiger partial charge in [-0.1, -0.05) is 0 Å². The van der Waals surface area contributed by atoms with Crippen molar-refractivity contribution in [3.63, 3.8) is 0 Å². The van der Waals surface area contributed by atoms with E-state index in [2.05, 4.69) is 4.74 Å². The fraction of sp³-hybridized carbons (Fsp3) is 0.438. The second-order valence-electron chi connectivity index (χ2n) is 5.50. The van der Waals surface area contributed by atoms with E-state index in [1.54, 1.807) is 13.0 Å². The molecule has 2 unspecified atom stereocenters. The minimum absolute atomic E-state index is 0.0241. The molecule has 0 saturated carbocycles. The van der Waals surface area contributed by atoms with Gasteiger partial charge < -0.3 is 19.7 Å². The maximum Gasteiger partial charge on any atom is 0.306 e. The molecule has 2 rings (SSSR count). The van der Waals surface area contributed by atoms with Crippen LogP contribution in [0.25, 0.3) is 0 Å². The number of aliphatic carboxylic acids is 1. The molecule has 1 aliphatic heterocycles. The number of aryl methyl sites for hydroxylation is 1. The number of hydrogen-bond acceptors (Lipinski definition) is 6. The Morgan fingerprint density at radius 2 is 2.04 bits per heavy atom. The lowest BCUT2D eigenvalue weighted by Gasteiger charge is -2.32. The molecular formula is C16H18O7. The Hall–Kier alpha value is -2.57. The van der Waals surface area contributed by atoms with E-state index in [1.165, 1.54) is 13.2 Å². The number of carbonyl (C=O) groups is 3.